The second kappa shape index (κ2) is 7.19. The molecule has 0 unspecified atom stereocenters. The van der Waals surface area contributed by atoms with Crippen LogP contribution in [0, 0.1) is 18.6 Å². The lowest BCUT2D eigenvalue weighted by molar-refractivity contribution is 0.181. The highest BCUT2D eigenvalue weighted by Gasteiger charge is 2.32. The molecule has 0 aromatic heterocycles. The van der Waals surface area contributed by atoms with Crippen LogP contribution in [0.25, 0.3) is 0 Å². The smallest absolute Gasteiger partial charge is 0.249 e. The number of nitrogens with zero attached hydrogens (tertiary/aromatic N) is 2. The first-order valence-corrected chi connectivity index (χ1v) is 9.54. The molecule has 1 heterocycles. The number of piperazine rings is 1. The van der Waals surface area contributed by atoms with E-state index in [0.29, 0.717) is 13.1 Å². The monoisotopic (exact) mass is 366 g/mol. The highest BCUT2D eigenvalue weighted by molar-refractivity contribution is 7.89. The Kier molecular flexibility index (Phi) is 5.17. The Balaban J connectivity index is 1.69. The van der Waals surface area contributed by atoms with Crippen LogP contribution in [0.4, 0.5) is 8.78 Å². The highest BCUT2D eigenvalue weighted by Crippen LogP contribution is 2.24. The summed E-state index contributed by atoms with van der Waals surface area (Å²) in [6.07, 6.45) is 0. The minimum atomic E-state index is -4.17. The molecule has 0 amide bonds. The summed E-state index contributed by atoms with van der Waals surface area (Å²) in [6.45, 7) is 4.21. The van der Waals surface area contributed by atoms with Crippen molar-refractivity contribution in [2.24, 2.45) is 0 Å². The van der Waals surface area contributed by atoms with E-state index in [0.717, 1.165) is 34.6 Å². The summed E-state index contributed by atoms with van der Waals surface area (Å²) in [5, 5.41) is 0. The Morgan fingerprint density at radius 2 is 1.56 bits per heavy atom. The predicted molar refractivity (Wildman–Crippen MR) is 91.6 cm³/mol. The third kappa shape index (κ3) is 3.89. The number of aryl methyl sites for hydroxylation is 1. The summed E-state index contributed by atoms with van der Waals surface area (Å²) in [4.78, 5) is 1.28. The van der Waals surface area contributed by atoms with Crippen LogP contribution in [0.1, 0.15) is 11.1 Å². The summed E-state index contributed by atoms with van der Waals surface area (Å²) in [5.74, 6) is -2.11. The van der Waals surface area contributed by atoms with Crippen molar-refractivity contribution in [2.75, 3.05) is 26.2 Å². The minimum Gasteiger partial charge on any atom is -0.296 e. The molecular formula is C18H20F2N2O2S. The molecule has 0 bridgehead atoms. The largest absolute Gasteiger partial charge is 0.296 e. The van der Waals surface area contributed by atoms with Crippen molar-refractivity contribution >= 4 is 10.0 Å². The van der Waals surface area contributed by atoms with Gasteiger partial charge in [0.05, 0.1) is 0 Å². The van der Waals surface area contributed by atoms with Gasteiger partial charge in [-0.2, -0.15) is 4.31 Å². The van der Waals surface area contributed by atoms with Crippen molar-refractivity contribution in [1.82, 2.24) is 9.21 Å². The van der Waals surface area contributed by atoms with E-state index in [-0.39, 0.29) is 13.1 Å². The lowest BCUT2D eigenvalue weighted by Crippen LogP contribution is -2.48. The lowest BCUT2D eigenvalue weighted by atomic mass is 10.1. The van der Waals surface area contributed by atoms with Crippen molar-refractivity contribution in [1.29, 1.82) is 0 Å². The molecule has 25 heavy (non-hydrogen) atoms. The summed E-state index contributed by atoms with van der Waals surface area (Å²) in [6, 6.07) is 11.2. The normalized spacial score (nSPS) is 16.9. The van der Waals surface area contributed by atoms with Gasteiger partial charge < -0.3 is 0 Å². The molecule has 0 saturated carbocycles. The van der Waals surface area contributed by atoms with Crippen LogP contribution in [0.15, 0.2) is 47.4 Å². The van der Waals surface area contributed by atoms with Crippen LogP contribution >= 0.6 is 0 Å². The van der Waals surface area contributed by atoms with E-state index >= 15 is 0 Å². The number of sulfonamides is 1. The van der Waals surface area contributed by atoms with Gasteiger partial charge >= 0.3 is 0 Å². The molecular weight excluding hydrogens is 346 g/mol. The Morgan fingerprint density at radius 1 is 0.960 bits per heavy atom. The fourth-order valence-corrected chi connectivity index (χ4v) is 4.59. The maximum Gasteiger partial charge on any atom is 0.249 e. The summed E-state index contributed by atoms with van der Waals surface area (Å²) in [5.41, 5.74) is 2.34. The Morgan fingerprint density at radius 3 is 2.16 bits per heavy atom. The Labute approximate surface area is 146 Å². The highest BCUT2D eigenvalue weighted by atomic mass is 32.2. The number of rotatable bonds is 4. The van der Waals surface area contributed by atoms with Crippen molar-refractivity contribution in [3.63, 3.8) is 0 Å². The molecule has 1 aliphatic rings. The van der Waals surface area contributed by atoms with E-state index in [2.05, 4.69) is 11.0 Å². The van der Waals surface area contributed by atoms with Gasteiger partial charge in [-0.1, -0.05) is 35.9 Å². The standard InChI is InChI=1S/C18H20F2N2O2S/c1-14-4-2-5-15(12-14)13-21-8-10-22(11-9-21)25(23,24)18-16(19)6-3-7-17(18)20/h2-7,12H,8-11,13H2,1H3. The van der Waals surface area contributed by atoms with Crippen LogP contribution in [-0.2, 0) is 16.6 Å². The van der Waals surface area contributed by atoms with Crippen molar-refractivity contribution < 1.29 is 17.2 Å². The maximum absolute atomic E-state index is 13.8. The quantitative estimate of drug-likeness (QED) is 0.836. The van der Waals surface area contributed by atoms with E-state index < -0.39 is 26.6 Å². The van der Waals surface area contributed by atoms with Crippen molar-refractivity contribution in [3.8, 4) is 0 Å². The van der Waals surface area contributed by atoms with E-state index in [4.69, 9.17) is 0 Å². The predicted octanol–water partition coefficient (Wildman–Crippen LogP) is 2.78. The molecule has 1 saturated heterocycles. The molecule has 0 radical (unpaired) electrons. The van der Waals surface area contributed by atoms with Gasteiger partial charge in [0.2, 0.25) is 10.0 Å². The zero-order chi connectivity index (χ0) is 18.0. The van der Waals surface area contributed by atoms with Gasteiger partial charge in [0.15, 0.2) is 4.90 Å². The molecule has 1 aliphatic heterocycles. The summed E-state index contributed by atoms with van der Waals surface area (Å²) < 4.78 is 54.0. The number of hydrogen-bond donors (Lipinski definition) is 0. The molecule has 1 fully saturated rings. The summed E-state index contributed by atoms with van der Waals surface area (Å²) in [7, 11) is -4.17. The third-order valence-corrected chi connectivity index (χ3v) is 6.29. The van der Waals surface area contributed by atoms with E-state index in [1.807, 2.05) is 25.1 Å². The second-order valence-electron chi connectivity index (χ2n) is 6.22. The number of hydrogen-bond acceptors (Lipinski definition) is 3. The van der Waals surface area contributed by atoms with Gasteiger partial charge in [-0.05, 0) is 24.6 Å². The van der Waals surface area contributed by atoms with Crippen LogP contribution in [0.3, 0.4) is 0 Å². The zero-order valence-corrected chi connectivity index (χ0v) is 14.8. The number of halogens is 2. The van der Waals surface area contributed by atoms with Crippen molar-refractivity contribution in [2.45, 2.75) is 18.4 Å². The van der Waals surface area contributed by atoms with Crippen LogP contribution in [-0.4, -0.2) is 43.8 Å². The molecule has 0 N–H and O–H groups in total. The van der Waals surface area contributed by atoms with Gasteiger partial charge in [-0.25, -0.2) is 17.2 Å². The first kappa shape index (κ1) is 18.0. The average molecular weight is 366 g/mol. The van der Waals surface area contributed by atoms with E-state index in [1.165, 1.54) is 5.56 Å². The molecule has 7 heteroatoms. The van der Waals surface area contributed by atoms with Crippen LogP contribution < -0.4 is 0 Å². The van der Waals surface area contributed by atoms with Gasteiger partial charge in [0, 0.05) is 32.7 Å². The fraction of sp³-hybridized carbons (Fsp3) is 0.333. The first-order chi connectivity index (χ1) is 11.9. The van der Waals surface area contributed by atoms with Gasteiger partial charge in [-0.3, -0.25) is 4.90 Å². The first-order valence-electron chi connectivity index (χ1n) is 8.10. The fourth-order valence-electron chi connectivity index (χ4n) is 3.05. The molecule has 0 aliphatic carbocycles. The molecule has 0 atom stereocenters. The molecule has 134 valence electrons. The average Bonchev–Trinajstić information content (AvgIpc) is 2.55. The lowest BCUT2D eigenvalue weighted by Gasteiger charge is -2.34. The van der Waals surface area contributed by atoms with Gasteiger partial charge in [0.25, 0.3) is 0 Å². The summed E-state index contributed by atoms with van der Waals surface area (Å²) >= 11 is 0. The minimum absolute atomic E-state index is 0.210. The van der Waals surface area contributed by atoms with Gasteiger partial charge in [0.1, 0.15) is 11.6 Å². The Hall–Kier alpha value is -1.83. The zero-order valence-electron chi connectivity index (χ0n) is 14.0. The SMILES string of the molecule is Cc1cccc(CN2CCN(S(=O)(=O)c3c(F)cccc3F)CC2)c1. The van der Waals surface area contributed by atoms with Crippen LogP contribution in [0.5, 0.6) is 0 Å². The maximum atomic E-state index is 13.8. The third-order valence-electron chi connectivity index (χ3n) is 4.34. The molecule has 0 spiro atoms. The topological polar surface area (TPSA) is 40.6 Å². The van der Waals surface area contributed by atoms with E-state index in [9.17, 15) is 17.2 Å². The van der Waals surface area contributed by atoms with Crippen molar-refractivity contribution in [3.05, 3.63) is 65.2 Å². The van der Waals surface area contributed by atoms with Gasteiger partial charge in [-0.15, -0.1) is 0 Å². The number of benzene rings is 2. The molecule has 3 rings (SSSR count). The van der Waals surface area contributed by atoms with Crippen LogP contribution in [0.2, 0.25) is 0 Å². The van der Waals surface area contributed by atoms with E-state index in [1.54, 1.807) is 0 Å². The Bertz CT molecular complexity index is 843. The molecule has 2 aromatic carbocycles. The second-order valence-corrected chi connectivity index (χ2v) is 8.09. The molecule has 4 nitrogen and oxygen atoms in total. The molecule has 2 aromatic rings.